The van der Waals surface area contributed by atoms with Crippen molar-refractivity contribution >= 4 is 11.6 Å². The minimum Gasteiger partial charge on any atom is -0.504 e. The van der Waals surface area contributed by atoms with Crippen LogP contribution in [0.4, 0.5) is 0 Å². The first-order valence-corrected chi connectivity index (χ1v) is 9.05. The summed E-state index contributed by atoms with van der Waals surface area (Å²) in [6.45, 7) is 2.10. The van der Waals surface area contributed by atoms with Crippen LogP contribution in [0, 0.1) is 0 Å². The molecule has 1 heterocycles. The molecule has 0 fully saturated rings. The highest BCUT2D eigenvalue weighted by atomic mass is 16.5. The number of hydrogen-bond donors (Lipinski definition) is 2. The van der Waals surface area contributed by atoms with E-state index in [0.717, 1.165) is 24.0 Å². The van der Waals surface area contributed by atoms with E-state index in [1.807, 2.05) is 18.5 Å². The zero-order valence-electron chi connectivity index (χ0n) is 15.5. The molecule has 2 aromatic rings. The molecule has 140 valence electrons. The topological polar surface area (TPSA) is 79.4 Å². The van der Waals surface area contributed by atoms with Crippen molar-refractivity contribution in [3.63, 3.8) is 0 Å². The molecule has 0 aliphatic carbocycles. The van der Waals surface area contributed by atoms with Crippen LogP contribution in [0.5, 0.6) is 11.5 Å². The van der Waals surface area contributed by atoms with E-state index in [1.54, 1.807) is 18.2 Å². The number of phenols is 1. The Morgan fingerprint density at radius 3 is 2.69 bits per heavy atom. The van der Waals surface area contributed by atoms with Gasteiger partial charge in [0.1, 0.15) is 11.6 Å². The van der Waals surface area contributed by atoms with E-state index in [-0.39, 0.29) is 29.7 Å². The lowest BCUT2D eigenvalue weighted by atomic mass is 9.90. The second-order valence-electron chi connectivity index (χ2n) is 6.59. The van der Waals surface area contributed by atoms with Gasteiger partial charge >= 0.3 is 0 Å². The van der Waals surface area contributed by atoms with Gasteiger partial charge in [0.25, 0.3) is 0 Å². The van der Waals surface area contributed by atoms with Crippen molar-refractivity contribution in [2.24, 2.45) is 0 Å². The molecule has 0 spiro atoms. The minimum atomic E-state index is -0.0497. The van der Waals surface area contributed by atoms with Crippen LogP contribution in [0.2, 0.25) is 0 Å². The lowest BCUT2D eigenvalue weighted by Gasteiger charge is -2.13. The quantitative estimate of drug-likeness (QED) is 0.592. The van der Waals surface area contributed by atoms with Gasteiger partial charge in [-0.2, -0.15) is 0 Å². The highest BCUT2D eigenvalue weighted by Gasteiger charge is 2.18. The zero-order chi connectivity index (χ0) is 18.9. The van der Waals surface area contributed by atoms with E-state index in [9.17, 15) is 14.7 Å². The molecule has 0 saturated carbocycles. The van der Waals surface area contributed by atoms with Gasteiger partial charge in [-0.1, -0.05) is 19.4 Å². The first-order chi connectivity index (χ1) is 12.5. The number of aryl methyl sites for hydroxylation is 1. The smallest absolute Gasteiger partial charge is 0.160 e. The Morgan fingerprint density at radius 1 is 1.23 bits per heavy atom. The third-order valence-electron chi connectivity index (χ3n) is 4.54. The molecule has 0 unspecified atom stereocenters. The number of aromatic nitrogens is 1. The standard InChI is InChI=1S/C21H27NO4/c1-3-4-16(17-9-10-22-14-17)12-19(24)13-18(23)7-5-15-6-8-20(25)21(11-15)26-2/h6,8-11,14,16,22,25H,3-5,7,12-13H2,1-2H3/t16-/m1/s1. The molecule has 2 rings (SSSR count). The number of rotatable bonds is 11. The number of benzene rings is 1. The van der Waals surface area contributed by atoms with Crippen LogP contribution < -0.4 is 4.74 Å². The van der Waals surface area contributed by atoms with Crippen molar-refractivity contribution in [3.05, 3.63) is 47.8 Å². The lowest BCUT2D eigenvalue weighted by Crippen LogP contribution is -2.12. The molecule has 1 aromatic carbocycles. The number of carbonyl (C=O) groups excluding carboxylic acids is 2. The number of Topliss-reactive ketones (excluding diaryl/α,β-unsaturated/α-hetero) is 2. The number of methoxy groups -OCH3 is 1. The van der Waals surface area contributed by atoms with Crippen molar-refractivity contribution in [3.8, 4) is 11.5 Å². The molecule has 1 atom stereocenters. The van der Waals surface area contributed by atoms with Crippen LogP contribution in [0.1, 0.15) is 56.1 Å². The Balaban J connectivity index is 1.84. The zero-order valence-corrected chi connectivity index (χ0v) is 15.5. The fourth-order valence-electron chi connectivity index (χ4n) is 3.14. The summed E-state index contributed by atoms with van der Waals surface area (Å²) in [6, 6.07) is 7.02. The molecule has 0 aliphatic rings. The highest BCUT2D eigenvalue weighted by Crippen LogP contribution is 2.27. The maximum absolute atomic E-state index is 12.3. The maximum Gasteiger partial charge on any atom is 0.160 e. The third-order valence-corrected chi connectivity index (χ3v) is 4.54. The van der Waals surface area contributed by atoms with E-state index < -0.39 is 0 Å². The summed E-state index contributed by atoms with van der Waals surface area (Å²) in [5.74, 6) is 0.585. The minimum absolute atomic E-state index is 0.00191. The molecule has 0 bridgehead atoms. The van der Waals surface area contributed by atoms with Crippen molar-refractivity contribution in [2.45, 2.75) is 51.4 Å². The fourth-order valence-corrected chi connectivity index (χ4v) is 3.14. The van der Waals surface area contributed by atoms with Crippen LogP contribution in [0.15, 0.2) is 36.7 Å². The summed E-state index contributed by atoms with van der Waals surface area (Å²) < 4.78 is 5.07. The molecule has 0 amide bonds. The monoisotopic (exact) mass is 357 g/mol. The van der Waals surface area contributed by atoms with E-state index in [4.69, 9.17) is 4.74 Å². The number of aromatic hydroxyl groups is 1. The number of H-pyrrole nitrogens is 1. The molecule has 5 heteroatoms. The summed E-state index contributed by atoms with van der Waals surface area (Å²) in [5, 5.41) is 9.60. The van der Waals surface area contributed by atoms with E-state index in [1.165, 1.54) is 7.11 Å². The summed E-state index contributed by atoms with van der Waals surface area (Å²) in [6.07, 6.45) is 6.95. The molecule has 0 radical (unpaired) electrons. The second-order valence-corrected chi connectivity index (χ2v) is 6.59. The Morgan fingerprint density at radius 2 is 2.04 bits per heavy atom. The number of ketones is 2. The average molecular weight is 357 g/mol. The average Bonchev–Trinajstić information content (AvgIpc) is 3.15. The van der Waals surface area contributed by atoms with Crippen molar-refractivity contribution in [1.82, 2.24) is 4.98 Å². The van der Waals surface area contributed by atoms with Crippen molar-refractivity contribution < 1.29 is 19.4 Å². The third kappa shape index (κ3) is 5.76. The van der Waals surface area contributed by atoms with Gasteiger partial charge in [0, 0.05) is 25.2 Å². The normalized spacial score (nSPS) is 11.9. The molecule has 5 nitrogen and oxygen atoms in total. The van der Waals surface area contributed by atoms with E-state index in [0.29, 0.717) is 25.0 Å². The number of aromatic amines is 1. The van der Waals surface area contributed by atoms with Crippen LogP contribution >= 0.6 is 0 Å². The summed E-state index contributed by atoms with van der Waals surface area (Å²) in [5.41, 5.74) is 2.03. The molecule has 2 N–H and O–H groups in total. The summed E-state index contributed by atoms with van der Waals surface area (Å²) in [4.78, 5) is 27.5. The van der Waals surface area contributed by atoms with Gasteiger partial charge in [-0.25, -0.2) is 0 Å². The first-order valence-electron chi connectivity index (χ1n) is 9.05. The second kappa shape index (κ2) is 9.80. The predicted molar refractivity (Wildman–Crippen MR) is 101 cm³/mol. The molecule has 0 saturated heterocycles. The number of hydrogen-bond acceptors (Lipinski definition) is 4. The molecular formula is C21H27NO4. The lowest BCUT2D eigenvalue weighted by molar-refractivity contribution is -0.127. The predicted octanol–water partition coefficient (Wildman–Crippen LogP) is 4.16. The van der Waals surface area contributed by atoms with Gasteiger partial charge in [-0.15, -0.1) is 0 Å². The van der Waals surface area contributed by atoms with Gasteiger partial charge in [-0.05, 0) is 48.1 Å². The fraction of sp³-hybridized carbons (Fsp3) is 0.429. The Bertz CT molecular complexity index is 722. The van der Waals surface area contributed by atoms with Crippen LogP contribution in [0.3, 0.4) is 0 Å². The Kier molecular flexibility index (Phi) is 7.45. The Labute approximate surface area is 154 Å². The first kappa shape index (κ1) is 19.8. The maximum atomic E-state index is 12.3. The number of nitrogens with one attached hydrogen (secondary N) is 1. The van der Waals surface area contributed by atoms with E-state index in [2.05, 4.69) is 11.9 Å². The van der Waals surface area contributed by atoms with Gasteiger partial charge in [-0.3, -0.25) is 9.59 Å². The summed E-state index contributed by atoms with van der Waals surface area (Å²) >= 11 is 0. The van der Waals surface area contributed by atoms with Gasteiger partial charge in [0.15, 0.2) is 11.5 Å². The van der Waals surface area contributed by atoms with Crippen molar-refractivity contribution in [2.75, 3.05) is 7.11 Å². The largest absolute Gasteiger partial charge is 0.504 e. The van der Waals surface area contributed by atoms with Gasteiger partial charge < -0.3 is 14.8 Å². The molecule has 0 aliphatic heterocycles. The SMILES string of the molecule is CCC[C@H](CC(=O)CC(=O)CCc1ccc(O)c(OC)c1)c1cc[nH]c1. The van der Waals surface area contributed by atoms with Crippen molar-refractivity contribution in [1.29, 1.82) is 0 Å². The van der Waals surface area contributed by atoms with Crippen LogP contribution in [-0.2, 0) is 16.0 Å². The van der Waals surface area contributed by atoms with E-state index >= 15 is 0 Å². The Hall–Kier alpha value is -2.56. The van der Waals surface area contributed by atoms with Crippen LogP contribution in [-0.4, -0.2) is 28.8 Å². The molecule has 26 heavy (non-hydrogen) atoms. The van der Waals surface area contributed by atoms with Gasteiger partial charge in [0.2, 0.25) is 0 Å². The highest BCUT2D eigenvalue weighted by molar-refractivity contribution is 5.99. The number of phenolic OH excluding ortho intramolecular Hbond substituents is 1. The van der Waals surface area contributed by atoms with Crippen LogP contribution in [0.25, 0.3) is 0 Å². The molecular weight excluding hydrogens is 330 g/mol. The number of ether oxygens (including phenoxy) is 1. The molecule has 1 aromatic heterocycles. The van der Waals surface area contributed by atoms with Gasteiger partial charge in [0.05, 0.1) is 13.5 Å². The number of carbonyl (C=O) groups is 2. The summed E-state index contributed by atoms with van der Waals surface area (Å²) in [7, 11) is 1.49.